The van der Waals surface area contributed by atoms with Crippen molar-refractivity contribution in [2.75, 3.05) is 0 Å². The predicted molar refractivity (Wildman–Crippen MR) is 106 cm³/mol. The molecule has 0 rings (SSSR count). The molecule has 0 bridgehead atoms. The molecule has 0 fully saturated rings. The summed E-state index contributed by atoms with van der Waals surface area (Å²) >= 11 is 0. The van der Waals surface area contributed by atoms with Gasteiger partial charge in [0.1, 0.15) is 0 Å². The number of carbonyl (C=O) groups excluding carboxylic acids is 3. The van der Waals surface area contributed by atoms with E-state index in [1.807, 2.05) is 13.1 Å². The Hall–Kier alpha value is -1.65. The average Bonchev–Trinajstić information content (AvgIpc) is 2.60. The molecule has 26 heavy (non-hydrogen) atoms. The number of hydrogen-bond donors (Lipinski definition) is 0. The topological polar surface area (TPSA) is 69.7 Å². The van der Waals surface area contributed by atoms with E-state index in [0.717, 1.165) is 25.0 Å². The van der Waals surface area contributed by atoms with Crippen LogP contribution in [0.25, 0.3) is 0 Å². The van der Waals surface area contributed by atoms with Crippen LogP contribution in [0.1, 0.15) is 71.1 Å². The second-order valence-electron chi connectivity index (χ2n) is 7.14. The zero-order chi connectivity index (χ0) is 19.8. The minimum Gasteiger partial charge on any atom is -0.513 e. The van der Waals surface area contributed by atoms with Gasteiger partial charge < -0.3 is 9.16 Å². The van der Waals surface area contributed by atoms with Gasteiger partial charge in [0.25, 0.3) is 5.76 Å². The standard InChI is InChI=1S/C20H34O5Si/c1-5-7-8-9-10-11-12-13-14-15-16-26(3,4)25-20(23)18(17-21)24-19(22)6-2/h6H,2,5,7-16H2,1,3-4H3. The van der Waals surface area contributed by atoms with Gasteiger partial charge in [-0.1, -0.05) is 77.7 Å². The highest BCUT2D eigenvalue weighted by atomic mass is 28.4. The molecule has 0 N–H and O–H groups in total. The third-order valence-electron chi connectivity index (χ3n) is 4.15. The number of carbonyl (C=O) groups is 2. The van der Waals surface area contributed by atoms with Crippen LogP contribution in [0.4, 0.5) is 0 Å². The molecule has 0 saturated carbocycles. The van der Waals surface area contributed by atoms with Crippen molar-refractivity contribution >= 4 is 26.2 Å². The van der Waals surface area contributed by atoms with E-state index in [0.29, 0.717) is 0 Å². The van der Waals surface area contributed by atoms with Crippen LogP contribution in [0.2, 0.25) is 19.1 Å². The van der Waals surface area contributed by atoms with Crippen molar-refractivity contribution in [1.82, 2.24) is 0 Å². The molecule has 0 aliphatic carbocycles. The summed E-state index contributed by atoms with van der Waals surface area (Å²) in [5, 5.41) is 0. The Morgan fingerprint density at radius 2 is 1.46 bits per heavy atom. The number of rotatable bonds is 15. The Bertz CT molecular complexity index is 492. The molecule has 0 atom stereocenters. The Morgan fingerprint density at radius 3 is 1.92 bits per heavy atom. The number of ether oxygens (including phenoxy) is 1. The second kappa shape index (κ2) is 14.5. The van der Waals surface area contributed by atoms with Gasteiger partial charge in [0.05, 0.1) is 0 Å². The fraction of sp³-hybridized carbons (Fsp3) is 0.700. The summed E-state index contributed by atoms with van der Waals surface area (Å²) in [7, 11) is -2.26. The molecule has 0 unspecified atom stereocenters. The first-order valence-corrected chi connectivity index (χ1v) is 12.8. The highest BCUT2D eigenvalue weighted by Gasteiger charge is 2.29. The molecule has 5 nitrogen and oxygen atoms in total. The van der Waals surface area contributed by atoms with Crippen LogP contribution in [0, 0.1) is 0 Å². The molecular weight excluding hydrogens is 348 g/mol. The summed E-state index contributed by atoms with van der Waals surface area (Å²) in [5.74, 6) is -1.21. The predicted octanol–water partition coefficient (Wildman–Crippen LogP) is 5.10. The Morgan fingerprint density at radius 1 is 0.962 bits per heavy atom. The Labute approximate surface area is 159 Å². The minimum absolute atomic E-state index is 0.737. The molecule has 0 aliphatic rings. The van der Waals surface area contributed by atoms with Gasteiger partial charge in [0.2, 0.25) is 8.32 Å². The van der Waals surface area contributed by atoms with Crippen LogP contribution < -0.4 is 0 Å². The van der Waals surface area contributed by atoms with Crippen LogP contribution >= 0.6 is 0 Å². The molecule has 6 heteroatoms. The molecule has 0 radical (unpaired) electrons. The third kappa shape index (κ3) is 12.7. The van der Waals surface area contributed by atoms with Crippen molar-refractivity contribution in [3.8, 4) is 0 Å². The van der Waals surface area contributed by atoms with E-state index in [2.05, 4.69) is 18.2 Å². The fourth-order valence-corrected chi connectivity index (χ4v) is 4.43. The van der Waals surface area contributed by atoms with Gasteiger partial charge >= 0.3 is 11.9 Å². The monoisotopic (exact) mass is 382 g/mol. The van der Waals surface area contributed by atoms with Crippen molar-refractivity contribution in [1.29, 1.82) is 0 Å². The van der Waals surface area contributed by atoms with Crippen LogP contribution in [-0.2, 0) is 23.5 Å². The van der Waals surface area contributed by atoms with E-state index in [9.17, 15) is 14.4 Å². The van der Waals surface area contributed by atoms with Gasteiger partial charge in [0.15, 0.2) is 5.94 Å². The zero-order valence-corrected chi connectivity index (χ0v) is 17.6. The van der Waals surface area contributed by atoms with Crippen molar-refractivity contribution in [3.63, 3.8) is 0 Å². The summed E-state index contributed by atoms with van der Waals surface area (Å²) in [6.45, 7) is 9.26. The fourth-order valence-electron chi connectivity index (χ4n) is 2.63. The van der Waals surface area contributed by atoms with Crippen molar-refractivity contribution < 1.29 is 23.5 Å². The van der Waals surface area contributed by atoms with E-state index in [1.54, 1.807) is 0 Å². The number of hydrogen-bond acceptors (Lipinski definition) is 5. The lowest BCUT2D eigenvalue weighted by Crippen LogP contribution is -2.34. The summed E-state index contributed by atoms with van der Waals surface area (Å²) < 4.78 is 9.95. The maximum Gasteiger partial charge on any atom is 0.372 e. The van der Waals surface area contributed by atoms with Gasteiger partial charge in [-0.25, -0.2) is 14.4 Å². The van der Waals surface area contributed by atoms with Crippen molar-refractivity contribution in [3.05, 3.63) is 18.4 Å². The maximum absolute atomic E-state index is 11.9. The lowest BCUT2D eigenvalue weighted by Gasteiger charge is -2.22. The summed E-state index contributed by atoms with van der Waals surface area (Å²) in [6.07, 6.45) is 13.4. The van der Waals surface area contributed by atoms with E-state index in [-0.39, 0.29) is 0 Å². The number of esters is 1. The second-order valence-corrected chi connectivity index (χ2v) is 11.4. The summed E-state index contributed by atoms with van der Waals surface area (Å²) in [6, 6.07) is 0.816. The highest BCUT2D eigenvalue weighted by molar-refractivity contribution is 6.72. The Kier molecular flexibility index (Phi) is 13.6. The SMILES string of the molecule is C=CC(=O)OC(=C=O)C(=O)O[Si](C)(C)CCCCCCCCCCCC. The van der Waals surface area contributed by atoms with Crippen LogP contribution in [0.5, 0.6) is 0 Å². The van der Waals surface area contributed by atoms with Gasteiger partial charge in [-0.3, -0.25) is 0 Å². The van der Waals surface area contributed by atoms with Crippen molar-refractivity contribution in [2.45, 2.75) is 90.3 Å². The van der Waals surface area contributed by atoms with Gasteiger partial charge in [-0.05, 0) is 19.1 Å². The first-order chi connectivity index (χ1) is 12.4. The number of unbranched alkanes of at least 4 members (excludes halogenated alkanes) is 9. The normalized spacial score (nSPS) is 10.7. The lowest BCUT2D eigenvalue weighted by molar-refractivity contribution is -0.143. The maximum atomic E-state index is 11.9. The van der Waals surface area contributed by atoms with Gasteiger partial charge in [-0.2, -0.15) is 0 Å². The summed E-state index contributed by atoms with van der Waals surface area (Å²) in [5.41, 5.74) is 0. The molecular formula is C20H34O5Si. The quantitative estimate of drug-likeness (QED) is 0.0984. The largest absolute Gasteiger partial charge is 0.513 e. The molecule has 0 amide bonds. The molecule has 0 heterocycles. The molecule has 0 saturated heterocycles. The molecule has 0 spiro atoms. The van der Waals surface area contributed by atoms with Gasteiger partial charge in [0, 0.05) is 6.08 Å². The minimum atomic E-state index is -2.26. The van der Waals surface area contributed by atoms with E-state index >= 15 is 0 Å². The van der Waals surface area contributed by atoms with Crippen LogP contribution in [-0.4, -0.2) is 26.2 Å². The first kappa shape index (κ1) is 24.3. The smallest absolute Gasteiger partial charge is 0.372 e. The van der Waals surface area contributed by atoms with E-state index < -0.39 is 26.0 Å². The van der Waals surface area contributed by atoms with Gasteiger partial charge in [-0.15, -0.1) is 0 Å². The molecule has 148 valence electrons. The third-order valence-corrected chi connectivity index (χ3v) is 6.44. The summed E-state index contributed by atoms with van der Waals surface area (Å²) in [4.78, 5) is 33.8. The molecule has 0 aromatic heterocycles. The molecule has 0 aromatic rings. The molecule has 0 aromatic carbocycles. The van der Waals surface area contributed by atoms with Crippen LogP contribution in [0.15, 0.2) is 18.4 Å². The van der Waals surface area contributed by atoms with Crippen LogP contribution in [0.3, 0.4) is 0 Å². The van der Waals surface area contributed by atoms with E-state index in [1.165, 1.54) is 57.3 Å². The highest BCUT2D eigenvalue weighted by Crippen LogP contribution is 2.19. The van der Waals surface area contributed by atoms with E-state index in [4.69, 9.17) is 4.43 Å². The average molecular weight is 383 g/mol. The molecule has 0 aliphatic heterocycles. The lowest BCUT2D eigenvalue weighted by atomic mass is 10.1. The van der Waals surface area contributed by atoms with Crippen molar-refractivity contribution in [2.24, 2.45) is 0 Å². The Balaban J connectivity index is 3.96. The first-order valence-electron chi connectivity index (χ1n) is 9.69. The zero-order valence-electron chi connectivity index (χ0n) is 16.6.